The van der Waals surface area contributed by atoms with Gasteiger partial charge in [-0.15, -0.1) is 0 Å². The summed E-state index contributed by atoms with van der Waals surface area (Å²) in [5.41, 5.74) is 5.84. The van der Waals surface area contributed by atoms with Gasteiger partial charge in [0.05, 0.1) is 18.0 Å². The Kier molecular flexibility index (Phi) is 8.10. The van der Waals surface area contributed by atoms with Gasteiger partial charge in [-0.25, -0.2) is 0 Å². The van der Waals surface area contributed by atoms with Crippen LogP contribution in [0.1, 0.15) is 12.5 Å². The van der Waals surface area contributed by atoms with Crippen molar-refractivity contribution in [1.29, 1.82) is 5.26 Å². The van der Waals surface area contributed by atoms with Crippen LogP contribution in [0.25, 0.3) is 34.3 Å². The first-order valence-electron chi connectivity index (χ1n) is 12.9. The SMILES string of the molecule is CCOc1cccc(NC(=O)/C(C#N)=C\c2cc(-c3ccccc3)n(-c3ccc(Cl)cc3)c2-c2ccccc2)c1. The molecule has 0 fully saturated rings. The number of benzene rings is 4. The minimum Gasteiger partial charge on any atom is -0.494 e. The summed E-state index contributed by atoms with van der Waals surface area (Å²) < 4.78 is 7.67. The number of anilines is 1. The number of nitrogens with zero attached hydrogens (tertiary/aromatic N) is 2. The van der Waals surface area contributed by atoms with Gasteiger partial charge in [-0.2, -0.15) is 5.26 Å². The molecule has 1 N–H and O–H groups in total. The Hall–Kier alpha value is -5.05. The molecular formula is C34H26ClN3O2. The molecule has 40 heavy (non-hydrogen) atoms. The Morgan fingerprint density at radius 1 is 0.900 bits per heavy atom. The zero-order valence-corrected chi connectivity index (χ0v) is 22.6. The predicted molar refractivity (Wildman–Crippen MR) is 161 cm³/mol. The fraction of sp³-hybridized carbons (Fsp3) is 0.0588. The number of amides is 1. The van der Waals surface area contributed by atoms with Crippen LogP contribution in [0.15, 0.2) is 121 Å². The van der Waals surface area contributed by atoms with Crippen molar-refractivity contribution in [3.05, 3.63) is 131 Å². The number of nitriles is 1. The first kappa shape index (κ1) is 26.6. The number of hydrogen-bond acceptors (Lipinski definition) is 3. The largest absolute Gasteiger partial charge is 0.494 e. The third kappa shape index (κ3) is 5.83. The lowest BCUT2D eigenvalue weighted by Gasteiger charge is -2.15. The van der Waals surface area contributed by atoms with Gasteiger partial charge in [-0.3, -0.25) is 4.79 Å². The number of aromatic nitrogens is 1. The second kappa shape index (κ2) is 12.2. The highest BCUT2D eigenvalue weighted by atomic mass is 35.5. The van der Waals surface area contributed by atoms with E-state index in [-0.39, 0.29) is 5.57 Å². The van der Waals surface area contributed by atoms with Crippen LogP contribution in [-0.4, -0.2) is 17.1 Å². The Bertz CT molecular complexity index is 1700. The van der Waals surface area contributed by atoms with Crippen LogP contribution >= 0.6 is 11.6 Å². The summed E-state index contributed by atoms with van der Waals surface area (Å²) in [7, 11) is 0. The Labute approximate surface area is 238 Å². The summed E-state index contributed by atoms with van der Waals surface area (Å²) in [6.45, 7) is 2.41. The molecule has 1 amide bonds. The fourth-order valence-electron chi connectivity index (χ4n) is 4.54. The molecule has 4 aromatic carbocycles. The predicted octanol–water partition coefficient (Wildman–Crippen LogP) is 8.41. The normalized spacial score (nSPS) is 11.1. The molecule has 0 unspecified atom stereocenters. The monoisotopic (exact) mass is 543 g/mol. The van der Waals surface area contributed by atoms with Crippen LogP contribution in [0.3, 0.4) is 0 Å². The molecule has 5 rings (SSSR count). The molecule has 1 aromatic heterocycles. The average Bonchev–Trinajstić information content (AvgIpc) is 3.36. The average molecular weight is 544 g/mol. The van der Waals surface area contributed by atoms with E-state index < -0.39 is 5.91 Å². The van der Waals surface area contributed by atoms with Crippen molar-refractivity contribution >= 4 is 29.3 Å². The summed E-state index contributed by atoms with van der Waals surface area (Å²) in [4.78, 5) is 13.3. The number of halogens is 1. The van der Waals surface area contributed by atoms with Crippen molar-refractivity contribution in [1.82, 2.24) is 4.57 Å². The van der Waals surface area contributed by atoms with E-state index in [9.17, 15) is 10.1 Å². The van der Waals surface area contributed by atoms with E-state index in [2.05, 4.69) is 16.0 Å². The molecule has 196 valence electrons. The van der Waals surface area contributed by atoms with Crippen molar-refractivity contribution < 1.29 is 9.53 Å². The molecule has 5 nitrogen and oxygen atoms in total. The first-order chi connectivity index (χ1) is 19.6. The van der Waals surface area contributed by atoms with Gasteiger partial charge in [0.2, 0.25) is 0 Å². The van der Waals surface area contributed by atoms with E-state index in [1.165, 1.54) is 0 Å². The third-order valence-electron chi connectivity index (χ3n) is 6.30. The number of nitrogens with one attached hydrogen (secondary N) is 1. The van der Waals surface area contributed by atoms with E-state index in [0.29, 0.717) is 23.1 Å². The van der Waals surface area contributed by atoms with Gasteiger partial charge in [0.1, 0.15) is 17.4 Å². The molecule has 5 aromatic rings. The maximum absolute atomic E-state index is 13.3. The van der Waals surface area contributed by atoms with Crippen molar-refractivity contribution in [3.8, 4) is 40.0 Å². The number of rotatable bonds is 8. The van der Waals surface area contributed by atoms with Gasteiger partial charge in [0, 0.05) is 28.0 Å². The Morgan fingerprint density at radius 2 is 1.57 bits per heavy atom. The fourth-order valence-corrected chi connectivity index (χ4v) is 4.67. The molecule has 0 spiro atoms. The van der Waals surface area contributed by atoms with Gasteiger partial charge in [-0.05, 0) is 66.6 Å². The lowest BCUT2D eigenvalue weighted by molar-refractivity contribution is -0.112. The first-order valence-corrected chi connectivity index (χ1v) is 13.2. The highest BCUT2D eigenvalue weighted by Crippen LogP contribution is 2.37. The van der Waals surface area contributed by atoms with E-state index in [0.717, 1.165) is 33.8 Å². The molecule has 6 heteroatoms. The minimum absolute atomic E-state index is 0.0214. The zero-order chi connectivity index (χ0) is 27.9. The quantitative estimate of drug-likeness (QED) is 0.158. The molecule has 0 bridgehead atoms. The number of carbonyl (C=O) groups excluding carboxylic acids is 1. The van der Waals surface area contributed by atoms with Crippen molar-refractivity contribution in [2.24, 2.45) is 0 Å². The summed E-state index contributed by atoms with van der Waals surface area (Å²) in [5, 5.41) is 13.5. The molecular weight excluding hydrogens is 518 g/mol. The molecule has 1 heterocycles. The van der Waals surface area contributed by atoms with Gasteiger partial charge in [-0.1, -0.05) is 78.3 Å². The lowest BCUT2D eigenvalue weighted by Crippen LogP contribution is -2.13. The van der Waals surface area contributed by atoms with Crippen LogP contribution in [0.5, 0.6) is 5.75 Å². The van der Waals surface area contributed by atoms with Crippen LogP contribution < -0.4 is 10.1 Å². The standard InChI is InChI=1S/C34H26ClN3O2/c1-2-40-31-15-9-14-29(22-31)37-34(39)27(23-36)20-26-21-32(24-10-5-3-6-11-24)38(30-18-16-28(35)17-19-30)33(26)25-12-7-4-8-13-25/h3-22H,2H2,1H3,(H,37,39)/b27-20-. The second-order valence-electron chi connectivity index (χ2n) is 8.96. The van der Waals surface area contributed by atoms with Crippen molar-refractivity contribution in [3.63, 3.8) is 0 Å². The van der Waals surface area contributed by atoms with Gasteiger partial charge >= 0.3 is 0 Å². The van der Waals surface area contributed by atoms with E-state index in [1.54, 1.807) is 24.3 Å². The summed E-state index contributed by atoms with van der Waals surface area (Å²) in [6.07, 6.45) is 1.64. The molecule has 0 aliphatic heterocycles. The molecule has 0 atom stereocenters. The molecule has 0 saturated heterocycles. The minimum atomic E-state index is -0.504. The topological polar surface area (TPSA) is 67.0 Å². The van der Waals surface area contributed by atoms with Gasteiger partial charge in [0.15, 0.2) is 0 Å². The summed E-state index contributed by atoms with van der Waals surface area (Å²) >= 11 is 6.23. The Balaban J connectivity index is 1.67. The molecule has 0 aliphatic rings. The third-order valence-corrected chi connectivity index (χ3v) is 6.55. The van der Waals surface area contributed by atoms with Crippen LogP contribution in [0.2, 0.25) is 5.02 Å². The maximum Gasteiger partial charge on any atom is 0.266 e. The smallest absolute Gasteiger partial charge is 0.266 e. The van der Waals surface area contributed by atoms with Gasteiger partial charge < -0.3 is 14.6 Å². The highest BCUT2D eigenvalue weighted by molar-refractivity contribution is 6.30. The van der Waals surface area contributed by atoms with E-state index >= 15 is 0 Å². The number of ether oxygens (including phenoxy) is 1. The second-order valence-corrected chi connectivity index (χ2v) is 9.40. The van der Waals surface area contributed by atoms with Crippen molar-refractivity contribution in [2.45, 2.75) is 6.92 Å². The number of hydrogen-bond donors (Lipinski definition) is 1. The summed E-state index contributed by atoms with van der Waals surface area (Å²) in [6, 6.07) is 38.7. The van der Waals surface area contributed by atoms with E-state index in [4.69, 9.17) is 16.3 Å². The van der Waals surface area contributed by atoms with Crippen molar-refractivity contribution in [2.75, 3.05) is 11.9 Å². The molecule has 0 saturated carbocycles. The zero-order valence-electron chi connectivity index (χ0n) is 21.8. The lowest BCUT2D eigenvalue weighted by atomic mass is 10.0. The molecule has 0 aliphatic carbocycles. The maximum atomic E-state index is 13.3. The van der Waals surface area contributed by atoms with Gasteiger partial charge in [0.25, 0.3) is 5.91 Å². The number of carbonyl (C=O) groups is 1. The van der Waals surface area contributed by atoms with Crippen LogP contribution in [-0.2, 0) is 4.79 Å². The molecule has 0 radical (unpaired) electrons. The highest BCUT2D eigenvalue weighted by Gasteiger charge is 2.20. The van der Waals surface area contributed by atoms with Crippen LogP contribution in [0.4, 0.5) is 5.69 Å². The Morgan fingerprint density at radius 3 is 2.23 bits per heavy atom. The van der Waals surface area contributed by atoms with E-state index in [1.807, 2.05) is 104 Å². The van der Waals surface area contributed by atoms with Crippen LogP contribution in [0, 0.1) is 11.3 Å². The summed E-state index contributed by atoms with van der Waals surface area (Å²) in [5.74, 6) is 0.136.